The first-order valence-corrected chi connectivity index (χ1v) is 9.30. The Kier molecular flexibility index (Phi) is 4.57. The maximum absolute atomic E-state index is 13.0. The second kappa shape index (κ2) is 7.00. The van der Waals surface area contributed by atoms with E-state index in [1.807, 2.05) is 16.6 Å². The Bertz CT molecular complexity index is 739. The van der Waals surface area contributed by atoms with Crippen molar-refractivity contribution in [3.63, 3.8) is 0 Å². The highest BCUT2D eigenvalue weighted by atomic mass is 16.2. The van der Waals surface area contributed by atoms with Crippen LogP contribution in [-0.4, -0.2) is 51.7 Å². The number of likely N-dealkylation sites (N-methyl/N-ethyl adjacent to an activating group) is 1. The molecule has 0 spiro atoms. The molecule has 0 N–H and O–H groups in total. The van der Waals surface area contributed by atoms with Crippen LogP contribution in [0.4, 0.5) is 0 Å². The number of amides is 1. The van der Waals surface area contributed by atoms with E-state index < -0.39 is 0 Å². The first kappa shape index (κ1) is 16.3. The van der Waals surface area contributed by atoms with Crippen molar-refractivity contribution in [2.45, 2.75) is 44.8 Å². The zero-order valence-corrected chi connectivity index (χ0v) is 14.9. The van der Waals surface area contributed by atoms with Gasteiger partial charge in [0.05, 0.1) is 17.5 Å². The van der Waals surface area contributed by atoms with Crippen molar-refractivity contribution in [3.05, 3.63) is 53.3 Å². The highest BCUT2D eigenvalue weighted by Crippen LogP contribution is 2.23. The van der Waals surface area contributed by atoms with Crippen LogP contribution in [0.2, 0.25) is 0 Å². The summed E-state index contributed by atoms with van der Waals surface area (Å²) < 4.78 is 2.01. The fourth-order valence-electron chi connectivity index (χ4n) is 4.07. The van der Waals surface area contributed by atoms with Crippen LogP contribution in [-0.2, 0) is 19.5 Å². The van der Waals surface area contributed by atoms with E-state index in [2.05, 4.69) is 40.3 Å². The summed E-state index contributed by atoms with van der Waals surface area (Å²) in [6.45, 7) is 3.90. The van der Waals surface area contributed by atoms with Gasteiger partial charge in [-0.25, -0.2) is 0 Å². The fraction of sp³-hybridized carbons (Fsp3) is 0.500. The number of aryl methyl sites for hydroxylation is 1. The van der Waals surface area contributed by atoms with Crippen LogP contribution >= 0.6 is 0 Å². The molecule has 1 aromatic heterocycles. The number of aromatic nitrogens is 2. The number of hydrogen-bond donors (Lipinski definition) is 0. The smallest absolute Gasteiger partial charge is 0.257 e. The number of hydrogen-bond acceptors (Lipinski definition) is 3. The van der Waals surface area contributed by atoms with Gasteiger partial charge in [0.25, 0.3) is 5.91 Å². The van der Waals surface area contributed by atoms with Gasteiger partial charge in [-0.3, -0.25) is 14.4 Å². The number of benzene rings is 1. The summed E-state index contributed by atoms with van der Waals surface area (Å²) in [5.74, 6) is 0.134. The molecule has 0 saturated carbocycles. The lowest BCUT2D eigenvalue weighted by molar-refractivity contribution is 0.0733. The third-order valence-corrected chi connectivity index (χ3v) is 5.58. The van der Waals surface area contributed by atoms with Gasteiger partial charge in [-0.15, -0.1) is 0 Å². The quantitative estimate of drug-likeness (QED) is 0.860. The van der Waals surface area contributed by atoms with E-state index in [0.29, 0.717) is 0 Å². The van der Waals surface area contributed by atoms with Crippen molar-refractivity contribution in [1.29, 1.82) is 0 Å². The van der Waals surface area contributed by atoms with Crippen molar-refractivity contribution in [1.82, 2.24) is 19.6 Å². The number of carbonyl (C=O) groups excluding carboxylic acids is 1. The molecule has 4 rings (SSSR count). The van der Waals surface area contributed by atoms with Gasteiger partial charge in [0.15, 0.2) is 0 Å². The molecule has 0 aliphatic carbocycles. The van der Waals surface area contributed by atoms with Crippen LogP contribution in [0.15, 0.2) is 36.5 Å². The molecule has 1 atom stereocenters. The zero-order chi connectivity index (χ0) is 17.2. The van der Waals surface area contributed by atoms with Crippen molar-refractivity contribution < 1.29 is 4.79 Å². The lowest BCUT2D eigenvalue weighted by Crippen LogP contribution is -2.39. The molecule has 0 radical (unpaired) electrons. The van der Waals surface area contributed by atoms with Gasteiger partial charge in [-0.2, -0.15) is 5.10 Å². The largest absolute Gasteiger partial charge is 0.337 e. The minimum absolute atomic E-state index is 0.134. The number of likely N-dealkylation sites (tertiary alicyclic amines) is 1. The summed E-state index contributed by atoms with van der Waals surface area (Å²) >= 11 is 0. The van der Waals surface area contributed by atoms with E-state index in [1.54, 1.807) is 6.20 Å². The third-order valence-electron chi connectivity index (χ3n) is 5.58. The minimum atomic E-state index is 0.134. The van der Waals surface area contributed by atoms with Crippen molar-refractivity contribution >= 4 is 5.91 Å². The Balaban J connectivity index is 1.40. The van der Waals surface area contributed by atoms with Crippen LogP contribution in [0, 0.1) is 0 Å². The molecule has 0 bridgehead atoms. The normalized spacial score (nSPS) is 20.4. The average molecular weight is 338 g/mol. The number of rotatable bonds is 4. The molecule has 1 saturated heterocycles. The molecule has 1 fully saturated rings. The van der Waals surface area contributed by atoms with E-state index in [0.717, 1.165) is 63.1 Å². The summed E-state index contributed by atoms with van der Waals surface area (Å²) in [4.78, 5) is 17.4. The fourth-order valence-corrected chi connectivity index (χ4v) is 4.07. The van der Waals surface area contributed by atoms with Crippen LogP contribution in [0.3, 0.4) is 0 Å². The SMILES string of the molecule is CN(C(=O)c1cnn2c1CCCC2)[C@@H]1CCN(Cc2ccccc2)C1. The Morgan fingerprint density at radius 2 is 2.08 bits per heavy atom. The maximum atomic E-state index is 13.0. The topological polar surface area (TPSA) is 41.4 Å². The Morgan fingerprint density at radius 3 is 2.92 bits per heavy atom. The molecule has 1 aromatic carbocycles. The number of nitrogens with zero attached hydrogens (tertiary/aromatic N) is 4. The molecule has 2 aromatic rings. The van der Waals surface area contributed by atoms with Crippen molar-refractivity contribution in [3.8, 4) is 0 Å². The van der Waals surface area contributed by atoms with Gasteiger partial charge in [0.1, 0.15) is 0 Å². The first-order valence-electron chi connectivity index (χ1n) is 9.30. The predicted molar refractivity (Wildman–Crippen MR) is 97.4 cm³/mol. The molecule has 2 aliphatic heterocycles. The number of fused-ring (bicyclic) bond motifs is 1. The molecule has 0 unspecified atom stereocenters. The Labute approximate surface area is 149 Å². The third kappa shape index (κ3) is 3.33. The van der Waals surface area contributed by atoms with E-state index in [9.17, 15) is 4.79 Å². The second-order valence-corrected chi connectivity index (χ2v) is 7.26. The predicted octanol–water partition coefficient (Wildman–Crippen LogP) is 2.57. The molecular weight excluding hydrogens is 312 g/mol. The zero-order valence-electron chi connectivity index (χ0n) is 14.9. The maximum Gasteiger partial charge on any atom is 0.257 e. The van der Waals surface area contributed by atoms with Crippen LogP contribution in [0.25, 0.3) is 0 Å². The number of carbonyl (C=O) groups is 1. The van der Waals surface area contributed by atoms with Gasteiger partial charge in [-0.05, 0) is 31.2 Å². The van der Waals surface area contributed by atoms with Crippen LogP contribution in [0.1, 0.15) is 40.9 Å². The standard InChI is InChI=1S/C20H26N4O/c1-22(20(25)18-13-21-24-11-6-5-9-19(18)24)17-10-12-23(15-17)14-16-7-3-2-4-8-16/h2-4,7-8,13,17H,5-6,9-12,14-15H2,1H3/t17-/m1/s1. The lowest BCUT2D eigenvalue weighted by Gasteiger charge is -2.25. The molecular formula is C20H26N4O. The second-order valence-electron chi connectivity index (χ2n) is 7.26. The first-order chi connectivity index (χ1) is 12.2. The summed E-state index contributed by atoms with van der Waals surface area (Å²) in [7, 11) is 1.95. The van der Waals surface area contributed by atoms with E-state index in [1.165, 1.54) is 5.56 Å². The van der Waals surface area contributed by atoms with Gasteiger partial charge in [-0.1, -0.05) is 30.3 Å². The molecule has 132 valence electrons. The summed E-state index contributed by atoms with van der Waals surface area (Å²) in [6.07, 6.45) is 6.10. The highest BCUT2D eigenvalue weighted by molar-refractivity contribution is 5.95. The molecule has 5 heteroatoms. The monoisotopic (exact) mass is 338 g/mol. The molecule has 2 aliphatic rings. The van der Waals surface area contributed by atoms with E-state index in [-0.39, 0.29) is 11.9 Å². The van der Waals surface area contributed by atoms with Crippen LogP contribution in [0.5, 0.6) is 0 Å². The summed E-state index contributed by atoms with van der Waals surface area (Å²) in [6, 6.07) is 10.8. The van der Waals surface area contributed by atoms with Crippen molar-refractivity contribution in [2.75, 3.05) is 20.1 Å². The average Bonchev–Trinajstić information content (AvgIpc) is 3.28. The molecule has 5 nitrogen and oxygen atoms in total. The van der Waals surface area contributed by atoms with Crippen molar-refractivity contribution in [2.24, 2.45) is 0 Å². The van der Waals surface area contributed by atoms with Gasteiger partial charge < -0.3 is 4.90 Å². The summed E-state index contributed by atoms with van der Waals surface area (Å²) in [5, 5.41) is 4.42. The minimum Gasteiger partial charge on any atom is -0.337 e. The lowest BCUT2D eigenvalue weighted by atomic mass is 10.1. The molecule has 3 heterocycles. The van der Waals surface area contributed by atoms with Gasteiger partial charge in [0.2, 0.25) is 0 Å². The van der Waals surface area contributed by atoms with E-state index in [4.69, 9.17) is 0 Å². The summed E-state index contributed by atoms with van der Waals surface area (Å²) in [5.41, 5.74) is 3.27. The van der Waals surface area contributed by atoms with Crippen LogP contribution < -0.4 is 0 Å². The Morgan fingerprint density at radius 1 is 1.24 bits per heavy atom. The van der Waals surface area contributed by atoms with Gasteiger partial charge >= 0.3 is 0 Å². The molecule has 25 heavy (non-hydrogen) atoms. The molecule has 1 amide bonds. The van der Waals surface area contributed by atoms with E-state index >= 15 is 0 Å². The highest BCUT2D eigenvalue weighted by Gasteiger charge is 2.31. The van der Waals surface area contributed by atoms with Gasteiger partial charge in [0, 0.05) is 39.3 Å². The Hall–Kier alpha value is -2.14.